The first-order valence-electron chi connectivity index (χ1n) is 7.41. The SMILES string of the molecule is C/C(=N/NC(=O)COc1cc(C)cc(C)c1)c1cc(O)ccc1O. The lowest BCUT2D eigenvalue weighted by Gasteiger charge is -2.08. The molecule has 0 heterocycles. The number of nitrogens with zero attached hydrogens (tertiary/aromatic N) is 1. The molecule has 0 saturated heterocycles. The van der Waals surface area contributed by atoms with Gasteiger partial charge in [-0.3, -0.25) is 4.79 Å². The average Bonchev–Trinajstić information content (AvgIpc) is 2.52. The second-order valence-electron chi connectivity index (χ2n) is 5.55. The van der Waals surface area contributed by atoms with Crippen molar-refractivity contribution < 1.29 is 19.7 Å². The van der Waals surface area contributed by atoms with Crippen LogP contribution in [0, 0.1) is 13.8 Å². The first-order valence-corrected chi connectivity index (χ1v) is 7.41. The van der Waals surface area contributed by atoms with Gasteiger partial charge in [0, 0.05) is 5.56 Å². The van der Waals surface area contributed by atoms with E-state index in [1.54, 1.807) is 6.92 Å². The van der Waals surface area contributed by atoms with E-state index in [9.17, 15) is 15.0 Å². The van der Waals surface area contributed by atoms with E-state index in [0.29, 0.717) is 17.0 Å². The molecule has 6 nitrogen and oxygen atoms in total. The summed E-state index contributed by atoms with van der Waals surface area (Å²) < 4.78 is 5.44. The summed E-state index contributed by atoms with van der Waals surface area (Å²) in [6, 6.07) is 9.80. The highest BCUT2D eigenvalue weighted by Crippen LogP contribution is 2.22. The molecule has 0 aliphatic heterocycles. The molecule has 0 saturated carbocycles. The average molecular weight is 328 g/mol. The Kier molecular flexibility index (Phi) is 5.42. The van der Waals surface area contributed by atoms with Gasteiger partial charge in [-0.15, -0.1) is 0 Å². The zero-order chi connectivity index (χ0) is 17.7. The van der Waals surface area contributed by atoms with Gasteiger partial charge in [-0.1, -0.05) is 6.07 Å². The normalized spacial score (nSPS) is 11.2. The molecule has 1 amide bonds. The molecule has 0 atom stereocenters. The number of phenolic OH excluding ortho intramolecular Hbond substituents is 2. The lowest BCUT2D eigenvalue weighted by molar-refractivity contribution is -0.123. The summed E-state index contributed by atoms with van der Waals surface area (Å²) >= 11 is 0. The smallest absolute Gasteiger partial charge is 0.277 e. The van der Waals surface area contributed by atoms with Crippen molar-refractivity contribution in [3.05, 3.63) is 53.1 Å². The van der Waals surface area contributed by atoms with Gasteiger partial charge in [0.15, 0.2) is 6.61 Å². The van der Waals surface area contributed by atoms with Crippen LogP contribution in [0.15, 0.2) is 41.5 Å². The van der Waals surface area contributed by atoms with E-state index >= 15 is 0 Å². The monoisotopic (exact) mass is 328 g/mol. The van der Waals surface area contributed by atoms with Crippen molar-refractivity contribution in [3.8, 4) is 17.2 Å². The Morgan fingerprint density at radius 1 is 1.12 bits per heavy atom. The Morgan fingerprint density at radius 2 is 1.79 bits per heavy atom. The standard InChI is InChI=1S/C18H20N2O4/c1-11-6-12(2)8-15(7-11)24-10-18(23)20-19-13(3)16-9-14(21)4-5-17(16)22/h4-9,21-22H,10H2,1-3H3,(H,20,23)/b19-13-. The fraction of sp³-hybridized carbons (Fsp3) is 0.222. The van der Waals surface area contributed by atoms with Crippen molar-refractivity contribution in [2.75, 3.05) is 6.61 Å². The number of rotatable bonds is 5. The van der Waals surface area contributed by atoms with Gasteiger partial charge in [-0.25, -0.2) is 5.43 Å². The van der Waals surface area contributed by atoms with E-state index in [2.05, 4.69) is 10.5 Å². The van der Waals surface area contributed by atoms with Crippen LogP contribution >= 0.6 is 0 Å². The molecule has 2 rings (SSSR count). The van der Waals surface area contributed by atoms with Crippen LogP contribution in [-0.4, -0.2) is 28.4 Å². The minimum absolute atomic E-state index is 0.00169. The molecule has 6 heteroatoms. The van der Waals surface area contributed by atoms with Crippen molar-refractivity contribution in [1.82, 2.24) is 5.43 Å². The number of hydrogen-bond donors (Lipinski definition) is 3. The second-order valence-corrected chi connectivity index (χ2v) is 5.55. The van der Waals surface area contributed by atoms with Crippen molar-refractivity contribution in [3.63, 3.8) is 0 Å². The minimum atomic E-state index is -0.423. The highest BCUT2D eigenvalue weighted by Gasteiger charge is 2.08. The third kappa shape index (κ3) is 4.74. The maximum atomic E-state index is 11.8. The van der Waals surface area contributed by atoms with Gasteiger partial charge in [-0.05, 0) is 62.2 Å². The molecule has 3 N–H and O–H groups in total. The van der Waals surface area contributed by atoms with Gasteiger partial charge in [0.1, 0.15) is 17.2 Å². The predicted octanol–water partition coefficient (Wildman–Crippen LogP) is 2.63. The Bertz CT molecular complexity index is 764. The number of hydrogen-bond acceptors (Lipinski definition) is 5. The van der Waals surface area contributed by atoms with Crippen molar-refractivity contribution in [1.29, 1.82) is 0 Å². The molecule has 2 aromatic rings. The molecule has 126 valence electrons. The Morgan fingerprint density at radius 3 is 2.46 bits per heavy atom. The summed E-state index contributed by atoms with van der Waals surface area (Å²) in [5, 5.41) is 23.1. The summed E-state index contributed by atoms with van der Waals surface area (Å²) in [6.07, 6.45) is 0. The number of carbonyl (C=O) groups is 1. The van der Waals surface area contributed by atoms with E-state index in [1.165, 1.54) is 18.2 Å². The quantitative estimate of drug-likeness (QED) is 0.447. The first-order chi connectivity index (χ1) is 11.3. The summed E-state index contributed by atoms with van der Waals surface area (Å²) in [7, 11) is 0. The second kappa shape index (κ2) is 7.50. The van der Waals surface area contributed by atoms with Crippen LogP contribution in [0.25, 0.3) is 0 Å². The zero-order valence-electron chi connectivity index (χ0n) is 13.8. The van der Waals surface area contributed by atoms with E-state index in [4.69, 9.17) is 4.74 Å². The summed E-state index contributed by atoms with van der Waals surface area (Å²) in [5.74, 6) is 0.166. The van der Waals surface area contributed by atoms with Gasteiger partial charge in [0.05, 0.1) is 5.71 Å². The Balaban J connectivity index is 1.95. The molecule has 0 radical (unpaired) electrons. The van der Waals surface area contributed by atoms with Crippen molar-refractivity contribution in [2.45, 2.75) is 20.8 Å². The topological polar surface area (TPSA) is 91.2 Å². The van der Waals surface area contributed by atoms with E-state index in [0.717, 1.165) is 11.1 Å². The van der Waals surface area contributed by atoms with Crippen molar-refractivity contribution >= 4 is 11.6 Å². The fourth-order valence-electron chi connectivity index (χ4n) is 2.22. The molecular formula is C18H20N2O4. The van der Waals surface area contributed by atoms with Crippen LogP contribution in [0.5, 0.6) is 17.2 Å². The maximum absolute atomic E-state index is 11.8. The Hall–Kier alpha value is -3.02. The number of phenols is 2. The molecule has 0 bridgehead atoms. The first kappa shape index (κ1) is 17.3. The van der Waals surface area contributed by atoms with Gasteiger partial charge in [0.2, 0.25) is 0 Å². The molecule has 0 aliphatic rings. The van der Waals surface area contributed by atoms with Crippen molar-refractivity contribution in [2.24, 2.45) is 5.10 Å². The summed E-state index contributed by atoms with van der Waals surface area (Å²) in [4.78, 5) is 11.8. The third-order valence-electron chi connectivity index (χ3n) is 3.28. The lowest BCUT2D eigenvalue weighted by atomic mass is 10.1. The van der Waals surface area contributed by atoms with Crippen LogP contribution in [0.4, 0.5) is 0 Å². The van der Waals surface area contributed by atoms with E-state index in [1.807, 2.05) is 32.0 Å². The molecule has 2 aromatic carbocycles. The predicted molar refractivity (Wildman–Crippen MR) is 91.5 cm³/mol. The van der Waals surface area contributed by atoms with Crippen LogP contribution in [0.1, 0.15) is 23.6 Å². The Labute approximate surface area is 140 Å². The molecule has 24 heavy (non-hydrogen) atoms. The van der Waals surface area contributed by atoms with E-state index < -0.39 is 5.91 Å². The molecule has 0 fully saturated rings. The molecule has 0 aromatic heterocycles. The number of aryl methyl sites for hydroxylation is 2. The van der Waals surface area contributed by atoms with Gasteiger partial charge in [-0.2, -0.15) is 5.10 Å². The maximum Gasteiger partial charge on any atom is 0.277 e. The highest BCUT2D eigenvalue weighted by atomic mass is 16.5. The van der Waals surface area contributed by atoms with Crippen LogP contribution in [0.3, 0.4) is 0 Å². The summed E-state index contributed by atoms with van der Waals surface area (Å²) in [6.45, 7) is 5.34. The van der Waals surface area contributed by atoms with Crippen LogP contribution in [0.2, 0.25) is 0 Å². The number of nitrogens with one attached hydrogen (secondary N) is 1. The van der Waals surface area contributed by atoms with E-state index in [-0.39, 0.29) is 18.1 Å². The fourth-order valence-corrected chi connectivity index (χ4v) is 2.22. The van der Waals surface area contributed by atoms with Gasteiger partial charge < -0.3 is 14.9 Å². The highest BCUT2D eigenvalue weighted by molar-refractivity contribution is 6.01. The number of ether oxygens (including phenoxy) is 1. The van der Waals surface area contributed by atoms with Gasteiger partial charge >= 0.3 is 0 Å². The van der Waals surface area contributed by atoms with Gasteiger partial charge in [0.25, 0.3) is 5.91 Å². The van der Waals surface area contributed by atoms with Crippen LogP contribution in [-0.2, 0) is 4.79 Å². The van der Waals surface area contributed by atoms with Crippen LogP contribution < -0.4 is 10.2 Å². The molecular weight excluding hydrogens is 308 g/mol. The number of amides is 1. The number of carbonyl (C=O) groups excluding carboxylic acids is 1. The molecule has 0 unspecified atom stereocenters. The molecule has 0 spiro atoms. The zero-order valence-corrected chi connectivity index (χ0v) is 13.8. The largest absolute Gasteiger partial charge is 0.508 e. The third-order valence-corrected chi connectivity index (χ3v) is 3.28. The number of aromatic hydroxyl groups is 2. The minimum Gasteiger partial charge on any atom is -0.508 e. The number of benzene rings is 2. The molecule has 0 aliphatic carbocycles. The number of hydrazone groups is 1. The summed E-state index contributed by atoms with van der Waals surface area (Å²) in [5.41, 5.74) is 5.17. The lowest BCUT2D eigenvalue weighted by Crippen LogP contribution is -2.25.